The highest BCUT2D eigenvalue weighted by molar-refractivity contribution is 6.46. The van der Waals surface area contributed by atoms with Crippen LogP contribution in [-0.4, -0.2) is 26.7 Å². The summed E-state index contributed by atoms with van der Waals surface area (Å²) in [5.74, 6) is -1.44. The fourth-order valence-corrected chi connectivity index (χ4v) is 3.85. The van der Waals surface area contributed by atoms with Crippen LogP contribution in [0.1, 0.15) is 33.9 Å². The number of aryl methyl sites for hydroxylation is 2. The molecule has 2 heterocycles. The van der Waals surface area contributed by atoms with Crippen molar-refractivity contribution in [2.24, 2.45) is 0 Å². The zero-order chi connectivity index (χ0) is 21.3. The number of pyridine rings is 1. The van der Waals surface area contributed by atoms with Gasteiger partial charge < -0.3 is 10.0 Å². The van der Waals surface area contributed by atoms with E-state index in [1.807, 2.05) is 68.4 Å². The van der Waals surface area contributed by atoms with E-state index in [2.05, 4.69) is 4.98 Å². The third-order valence-corrected chi connectivity index (χ3v) is 5.38. The summed E-state index contributed by atoms with van der Waals surface area (Å²) in [4.78, 5) is 31.7. The van der Waals surface area contributed by atoms with Crippen LogP contribution in [0.15, 0.2) is 78.6 Å². The van der Waals surface area contributed by atoms with Crippen LogP contribution in [0.3, 0.4) is 0 Å². The lowest BCUT2D eigenvalue weighted by Crippen LogP contribution is -2.29. The molecule has 30 heavy (non-hydrogen) atoms. The average Bonchev–Trinajstić information content (AvgIpc) is 3.01. The molecule has 1 unspecified atom stereocenters. The Morgan fingerprint density at radius 2 is 1.80 bits per heavy atom. The third-order valence-electron chi connectivity index (χ3n) is 5.38. The number of hydrogen-bond donors (Lipinski definition) is 1. The van der Waals surface area contributed by atoms with E-state index in [4.69, 9.17) is 0 Å². The number of carbonyl (C=O) groups excluding carboxylic acids is 2. The number of nitrogens with zero attached hydrogens (tertiary/aromatic N) is 2. The normalized spacial score (nSPS) is 18.1. The van der Waals surface area contributed by atoms with Crippen molar-refractivity contribution in [3.63, 3.8) is 0 Å². The molecule has 2 aromatic carbocycles. The predicted octanol–water partition coefficient (Wildman–Crippen LogP) is 4.32. The fraction of sp³-hybridized carbons (Fsp3) is 0.160. The summed E-state index contributed by atoms with van der Waals surface area (Å²) in [5.41, 5.74) is 4.06. The van der Waals surface area contributed by atoms with Crippen molar-refractivity contribution >= 4 is 17.4 Å². The maximum atomic E-state index is 13.1. The van der Waals surface area contributed by atoms with Gasteiger partial charge in [0.25, 0.3) is 11.7 Å². The second-order valence-electron chi connectivity index (χ2n) is 7.52. The van der Waals surface area contributed by atoms with E-state index < -0.39 is 17.7 Å². The van der Waals surface area contributed by atoms with Crippen molar-refractivity contribution < 1.29 is 14.7 Å². The molecule has 1 N–H and O–H groups in total. The second-order valence-corrected chi connectivity index (χ2v) is 7.52. The molecule has 4 rings (SSSR count). The lowest BCUT2D eigenvalue weighted by Gasteiger charge is -2.25. The van der Waals surface area contributed by atoms with Gasteiger partial charge in [-0.25, -0.2) is 0 Å². The first-order chi connectivity index (χ1) is 14.5. The highest BCUT2D eigenvalue weighted by Gasteiger charge is 2.46. The topological polar surface area (TPSA) is 70.5 Å². The van der Waals surface area contributed by atoms with Gasteiger partial charge >= 0.3 is 0 Å². The fourth-order valence-electron chi connectivity index (χ4n) is 3.85. The van der Waals surface area contributed by atoms with Crippen molar-refractivity contribution in [2.45, 2.75) is 26.4 Å². The average molecular weight is 398 g/mol. The summed E-state index contributed by atoms with van der Waals surface area (Å²) in [5, 5.41) is 11.2. The zero-order valence-corrected chi connectivity index (χ0v) is 16.9. The summed E-state index contributed by atoms with van der Waals surface area (Å²) >= 11 is 0. The summed E-state index contributed by atoms with van der Waals surface area (Å²) in [6.07, 6.45) is 3.33. The minimum absolute atomic E-state index is 0.115. The van der Waals surface area contributed by atoms with Crippen LogP contribution in [0.25, 0.3) is 5.76 Å². The van der Waals surface area contributed by atoms with Crippen molar-refractivity contribution in [3.8, 4) is 0 Å². The van der Waals surface area contributed by atoms with Gasteiger partial charge in [0, 0.05) is 24.5 Å². The van der Waals surface area contributed by atoms with E-state index in [-0.39, 0.29) is 17.9 Å². The standard InChI is InChI=1S/C25H22N2O3/c1-16-10-11-17(2)20(13-16)23(28)21-22(19-8-4-3-5-9-19)27(25(30)24(21)29)15-18-7-6-12-26-14-18/h3-14,22,28H,15H2,1-2H3/b23-21+. The Bertz CT molecular complexity index is 1140. The Balaban J connectivity index is 1.89. The molecule has 150 valence electrons. The monoisotopic (exact) mass is 398 g/mol. The molecule has 1 amide bonds. The zero-order valence-electron chi connectivity index (χ0n) is 16.9. The number of rotatable bonds is 4. The van der Waals surface area contributed by atoms with Gasteiger partial charge in [0.2, 0.25) is 0 Å². The van der Waals surface area contributed by atoms with Crippen molar-refractivity contribution in [2.75, 3.05) is 0 Å². The number of aliphatic hydroxyl groups is 1. The molecule has 1 saturated heterocycles. The second kappa shape index (κ2) is 7.95. The van der Waals surface area contributed by atoms with Crippen molar-refractivity contribution in [1.29, 1.82) is 0 Å². The molecule has 0 aliphatic carbocycles. The Labute approximate surface area is 175 Å². The summed E-state index contributed by atoms with van der Waals surface area (Å²) in [6, 6.07) is 18.0. The molecule has 1 aliphatic heterocycles. The van der Waals surface area contributed by atoms with Gasteiger partial charge in [0.1, 0.15) is 5.76 Å². The van der Waals surface area contributed by atoms with Gasteiger partial charge in [0.15, 0.2) is 0 Å². The molecule has 1 fully saturated rings. The van der Waals surface area contributed by atoms with Gasteiger partial charge in [-0.3, -0.25) is 14.6 Å². The molecular weight excluding hydrogens is 376 g/mol. The number of benzene rings is 2. The number of hydrogen-bond acceptors (Lipinski definition) is 4. The minimum atomic E-state index is -0.675. The SMILES string of the molecule is Cc1ccc(C)c(/C(O)=C2\C(=O)C(=O)N(Cc3cccnc3)C2c2ccccc2)c1. The smallest absolute Gasteiger partial charge is 0.295 e. The highest BCUT2D eigenvalue weighted by atomic mass is 16.3. The van der Waals surface area contributed by atoms with Crippen LogP contribution < -0.4 is 0 Å². The molecule has 1 atom stereocenters. The van der Waals surface area contributed by atoms with E-state index in [1.165, 1.54) is 4.90 Å². The van der Waals surface area contributed by atoms with E-state index in [0.29, 0.717) is 5.56 Å². The van der Waals surface area contributed by atoms with E-state index in [9.17, 15) is 14.7 Å². The number of aromatic nitrogens is 1. The minimum Gasteiger partial charge on any atom is -0.507 e. The van der Waals surface area contributed by atoms with Gasteiger partial charge in [-0.2, -0.15) is 0 Å². The lowest BCUT2D eigenvalue weighted by molar-refractivity contribution is -0.140. The molecule has 1 aromatic heterocycles. The number of amides is 1. The summed E-state index contributed by atoms with van der Waals surface area (Å²) < 4.78 is 0. The molecular formula is C25H22N2O3. The quantitative estimate of drug-likeness (QED) is 0.404. The maximum absolute atomic E-state index is 13.1. The lowest BCUT2D eigenvalue weighted by atomic mass is 9.93. The van der Waals surface area contributed by atoms with Crippen molar-refractivity contribution in [3.05, 3.63) is 106 Å². The highest BCUT2D eigenvalue weighted by Crippen LogP contribution is 2.40. The number of Topliss-reactive ketones (excluding diaryl/α,β-unsaturated/α-hetero) is 1. The summed E-state index contributed by atoms with van der Waals surface area (Å²) in [6.45, 7) is 4.02. The first-order valence-electron chi connectivity index (χ1n) is 9.77. The van der Waals surface area contributed by atoms with Gasteiger partial charge in [0.05, 0.1) is 11.6 Å². The Morgan fingerprint density at radius 3 is 2.50 bits per heavy atom. The van der Waals surface area contributed by atoms with Crippen LogP contribution in [0.2, 0.25) is 0 Å². The van der Waals surface area contributed by atoms with Gasteiger partial charge in [-0.05, 0) is 42.7 Å². The largest absolute Gasteiger partial charge is 0.507 e. The molecule has 1 aliphatic rings. The molecule has 0 radical (unpaired) electrons. The molecule has 3 aromatic rings. The van der Waals surface area contributed by atoms with E-state index in [1.54, 1.807) is 18.5 Å². The van der Waals surface area contributed by atoms with Gasteiger partial charge in [-0.15, -0.1) is 0 Å². The van der Waals surface area contributed by atoms with E-state index >= 15 is 0 Å². The van der Waals surface area contributed by atoms with Crippen LogP contribution in [0.5, 0.6) is 0 Å². The Hall–Kier alpha value is -3.73. The first-order valence-corrected chi connectivity index (χ1v) is 9.77. The Kier molecular flexibility index (Phi) is 5.19. The first kappa shape index (κ1) is 19.6. The van der Waals surface area contributed by atoms with Crippen LogP contribution in [0.4, 0.5) is 0 Å². The molecule has 0 bridgehead atoms. The number of likely N-dealkylation sites (tertiary alicyclic amines) is 1. The predicted molar refractivity (Wildman–Crippen MR) is 114 cm³/mol. The Morgan fingerprint density at radius 1 is 1.03 bits per heavy atom. The van der Waals surface area contributed by atoms with E-state index in [0.717, 1.165) is 22.3 Å². The van der Waals surface area contributed by atoms with Gasteiger partial charge in [-0.1, -0.05) is 54.1 Å². The van der Waals surface area contributed by atoms with Crippen LogP contribution in [0, 0.1) is 13.8 Å². The molecule has 5 heteroatoms. The molecule has 5 nitrogen and oxygen atoms in total. The number of carbonyl (C=O) groups is 2. The van der Waals surface area contributed by atoms with Crippen LogP contribution >= 0.6 is 0 Å². The molecule has 0 spiro atoms. The third kappa shape index (κ3) is 3.50. The number of ketones is 1. The maximum Gasteiger partial charge on any atom is 0.295 e. The summed E-state index contributed by atoms with van der Waals surface area (Å²) in [7, 11) is 0. The van der Waals surface area contributed by atoms with Crippen molar-refractivity contribution in [1.82, 2.24) is 9.88 Å². The van der Waals surface area contributed by atoms with Crippen LogP contribution in [-0.2, 0) is 16.1 Å². The molecule has 0 saturated carbocycles. The number of aliphatic hydroxyl groups excluding tert-OH is 1.